The minimum Gasteiger partial charge on any atom is -0.396 e. The topological polar surface area (TPSA) is 99.2 Å². The van der Waals surface area contributed by atoms with E-state index in [0.717, 1.165) is 0 Å². The van der Waals surface area contributed by atoms with E-state index < -0.39 is 4.92 Å². The zero-order valence-corrected chi connectivity index (χ0v) is 9.38. The van der Waals surface area contributed by atoms with Crippen molar-refractivity contribution in [1.29, 1.82) is 5.26 Å². The molecular weight excluding hydrogens is 222 g/mol. The Labute approximate surface area is 98.6 Å². The molecule has 6 nitrogen and oxygen atoms in total. The first-order valence-corrected chi connectivity index (χ1v) is 5.14. The molecule has 0 aromatic heterocycles. The summed E-state index contributed by atoms with van der Waals surface area (Å²) >= 11 is 0. The van der Waals surface area contributed by atoms with Crippen molar-refractivity contribution in [3.05, 3.63) is 33.9 Å². The number of hydrogen-bond donors (Lipinski definition) is 2. The summed E-state index contributed by atoms with van der Waals surface area (Å²) in [6, 6.07) is 6.11. The second kappa shape index (κ2) is 5.82. The first kappa shape index (κ1) is 12.9. The van der Waals surface area contributed by atoms with Crippen LogP contribution in [0, 0.1) is 21.4 Å². The summed E-state index contributed by atoms with van der Waals surface area (Å²) in [4.78, 5) is 10.0. The lowest BCUT2D eigenvalue weighted by Gasteiger charge is -2.13. The second-order valence-corrected chi connectivity index (χ2v) is 3.66. The summed E-state index contributed by atoms with van der Waals surface area (Å²) < 4.78 is 0. The van der Waals surface area contributed by atoms with Crippen molar-refractivity contribution in [2.45, 2.75) is 19.4 Å². The Morgan fingerprint density at radius 2 is 2.35 bits per heavy atom. The van der Waals surface area contributed by atoms with Gasteiger partial charge in [-0.05, 0) is 25.5 Å². The Kier molecular flexibility index (Phi) is 4.43. The van der Waals surface area contributed by atoms with Crippen molar-refractivity contribution in [3.63, 3.8) is 0 Å². The maximum Gasteiger partial charge on any atom is 0.287 e. The number of nitro benzene ring substituents is 1. The maximum atomic E-state index is 10.6. The Bertz CT molecular complexity index is 454. The van der Waals surface area contributed by atoms with Crippen LogP contribution < -0.4 is 5.32 Å². The van der Waals surface area contributed by atoms with E-state index in [1.165, 1.54) is 12.1 Å². The molecule has 0 unspecified atom stereocenters. The van der Waals surface area contributed by atoms with Crippen LogP contribution in [0.3, 0.4) is 0 Å². The van der Waals surface area contributed by atoms with E-state index in [2.05, 4.69) is 5.32 Å². The standard InChI is InChI=1S/C11H13N3O3/c1-8(4-5-15)13-10-2-3-11(14(16)17)9(6-10)7-12/h2-3,6,8,13,15H,4-5H2,1H3/t8-/m1/s1. The molecule has 1 atom stereocenters. The Morgan fingerprint density at radius 3 is 2.88 bits per heavy atom. The fourth-order valence-corrected chi connectivity index (χ4v) is 1.42. The van der Waals surface area contributed by atoms with Gasteiger partial charge in [-0.15, -0.1) is 0 Å². The third-order valence-electron chi connectivity index (χ3n) is 2.29. The molecule has 0 fully saturated rings. The van der Waals surface area contributed by atoms with Crippen molar-refractivity contribution < 1.29 is 10.0 Å². The molecule has 90 valence electrons. The highest BCUT2D eigenvalue weighted by Crippen LogP contribution is 2.22. The Hall–Kier alpha value is -2.13. The molecule has 0 radical (unpaired) electrons. The van der Waals surface area contributed by atoms with Crippen molar-refractivity contribution >= 4 is 11.4 Å². The van der Waals surface area contributed by atoms with E-state index in [1.54, 1.807) is 12.1 Å². The molecule has 0 spiro atoms. The molecule has 0 amide bonds. The monoisotopic (exact) mass is 235 g/mol. The van der Waals surface area contributed by atoms with Gasteiger partial charge in [0.25, 0.3) is 5.69 Å². The Balaban J connectivity index is 2.91. The van der Waals surface area contributed by atoms with Crippen LogP contribution in [0.2, 0.25) is 0 Å². The molecule has 1 aromatic rings. The van der Waals surface area contributed by atoms with E-state index in [-0.39, 0.29) is 23.9 Å². The minimum absolute atomic E-state index is 0.0243. The third-order valence-corrected chi connectivity index (χ3v) is 2.29. The predicted molar refractivity (Wildman–Crippen MR) is 62.6 cm³/mol. The molecule has 0 aliphatic heterocycles. The zero-order chi connectivity index (χ0) is 12.8. The molecule has 17 heavy (non-hydrogen) atoms. The summed E-state index contributed by atoms with van der Waals surface area (Å²) in [5, 5.41) is 31.2. The quantitative estimate of drug-likeness (QED) is 0.597. The van der Waals surface area contributed by atoms with E-state index >= 15 is 0 Å². The van der Waals surface area contributed by atoms with Gasteiger partial charge in [-0.2, -0.15) is 5.26 Å². The molecule has 0 bridgehead atoms. The molecule has 0 heterocycles. The van der Waals surface area contributed by atoms with Gasteiger partial charge in [0.2, 0.25) is 0 Å². The van der Waals surface area contributed by atoms with Crippen molar-refractivity contribution in [2.24, 2.45) is 0 Å². The lowest BCUT2D eigenvalue weighted by Crippen LogP contribution is -2.16. The minimum atomic E-state index is -0.584. The number of hydrogen-bond acceptors (Lipinski definition) is 5. The van der Waals surface area contributed by atoms with Gasteiger partial charge in [-0.25, -0.2) is 0 Å². The number of rotatable bonds is 5. The summed E-state index contributed by atoms with van der Waals surface area (Å²) in [6.07, 6.45) is 0.568. The maximum absolute atomic E-state index is 10.6. The average molecular weight is 235 g/mol. The fraction of sp³-hybridized carbons (Fsp3) is 0.364. The van der Waals surface area contributed by atoms with Crippen molar-refractivity contribution in [3.8, 4) is 6.07 Å². The molecule has 6 heteroatoms. The van der Waals surface area contributed by atoms with E-state index in [4.69, 9.17) is 10.4 Å². The van der Waals surface area contributed by atoms with E-state index in [1.807, 2.05) is 6.92 Å². The largest absolute Gasteiger partial charge is 0.396 e. The van der Waals surface area contributed by atoms with Gasteiger partial charge in [-0.1, -0.05) is 0 Å². The van der Waals surface area contributed by atoms with Crippen molar-refractivity contribution in [2.75, 3.05) is 11.9 Å². The number of benzene rings is 1. The SMILES string of the molecule is C[C@H](CCO)Nc1ccc([N+](=O)[O-])c(C#N)c1. The van der Waals surface area contributed by atoms with Gasteiger partial charge < -0.3 is 10.4 Å². The smallest absolute Gasteiger partial charge is 0.287 e. The van der Waals surface area contributed by atoms with Crippen LogP contribution in [0.25, 0.3) is 0 Å². The highest BCUT2D eigenvalue weighted by molar-refractivity contribution is 5.58. The third kappa shape index (κ3) is 3.43. The van der Waals surface area contributed by atoms with E-state index in [0.29, 0.717) is 12.1 Å². The summed E-state index contributed by atoms with van der Waals surface area (Å²) in [6.45, 7) is 1.94. The van der Waals surface area contributed by atoms with Crippen LogP contribution in [0.5, 0.6) is 0 Å². The first-order chi connectivity index (χ1) is 8.08. The summed E-state index contributed by atoms with van der Waals surface area (Å²) in [5.41, 5.74) is 0.456. The molecule has 1 rings (SSSR count). The number of nitrogens with one attached hydrogen (secondary N) is 1. The molecule has 0 aliphatic carbocycles. The van der Waals surface area contributed by atoms with Gasteiger partial charge in [0.15, 0.2) is 0 Å². The van der Waals surface area contributed by atoms with Crippen LogP contribution in [0.15, 0.2) is 18.2 Å². The van der Waals surface area contributed by atoms with Crippen LogP contribution >= 0.6 is 0 Å². The number of nitro groups is 1. The summed E-state index contributed by atoms with van der Waals surface area (Å²) in [5.74, 6) is 0. The van der Waals surface area contributed by atoms with Crippen LogP contribution in [-0.4, -0.2) is 22.7 Å². The molecule has 1 aromatic carbocycles. The molecule has 0 saturated carbocycles. The number of anilines is 1. The summed E-state index contributed by atoms with van der Waals surface area (Å²) in [7, 11) is 0. The fourth-order valence-electron chi connectivity index (χ4n) is 1.42. The number of nitrogens with zero attached hydrogens (tertiary/aromatic N) is 2. The van der Waals surface area contributed by atoms with Crippen molar-refractivity contribution in [1.82, 2.24) is 0 Å². The van der Waals surface area contributed by atoms with Gasteiger partial charge >= 0.3 is 0 Å². The second-order valence-electron chi connectivity index (χ2n) is 3.66. The number of aliphatic hydroxyl groups is 1. The van der Waals surface area contributed by atoms with Gasteiger partial charge in [0, 0.05) is 24.4 Å². The average Bonchev–Trinajstić information content (AvgIpc) is 2.28. The lowest BCUT2D eigenvalue weighted by atomic mass is 10.1. The van der Waals surface area contributed by atoms with Gasteiger partial charge in [0.05, 0.1) is 4.92 Å². The highest BCUT2D eigenvalue weighted by atomic mass is 16.6. The van der Waals surface area contributed by atoms with Gasteiger partial charge in [-0.3, -0.25) is 10.1 Å². The number of nitriles is 1. The van der Waals surface area contributed by atoms with Crippen LogP contribution in [-0.2, 0) is 0 Å². The Morgan fingerprint density at radius 1 is 1.65 bits per heavy atom. The zero-order valence-electron chi connectivity index (χ0n) is 9.38. The molecular formula is C11H13N3O3. The first-order valence-electron chi connectivity index (χ1n) is 5.14. The van der Waals surface area contributed by atoms with E-state index in [9.17, 15) is 10.1 Å². The van der Waals surface area contributed by atoms with Gasteiger partial charge in [0.1, 0.15) is 11.6 Å². The van der Waals surface area contributed by atoms with Crippen LogP contribution in [0.1, 0.15) is 18.9 Å². The lowest BCUT2D eigenvalue weighted by molar-refractivity contribution is -0.385. The molecule has 0 saturated heterocycles. The normalized spacial score (nSPS) is 11.6. The number of aliphatic hydroxyl groups excluding tert-OH is 1. The van der Waals surface area contributed by atoms with Crippen LogP contribution in [0.4, 0.5) is 11.4 Å². The predicted octanol–water partition coefficient (Wildman–Crippen LogP) is 1.65. The molecule has 2 N–H and O–H groups in total. The molecule has 0 aliphatic rings. The highest BCUT2D eigenvalue weighted by Gasteiger charge is 2.14.